The summed E-state index contributed by atoms with van der Waals surface area (Å²) < 4.78 is 4.93. The van der Waals surface area contributed by atoms with Crippen molar-refractivity contribution in [3.63, 3.8) is 0 Å². The largest absolute Gasteiger partial charge is 0.481 e. The van der Waals surface area contributed by atoms with Crippen molar-refractivity contribution >= 4 is 46.8 Å². The third kappa shape index (κ3) is 6.14. The number of esters is 1. The number of thiocarbonyl (C=S) groups is 1. The van der Waals surface area contributed by atoms with Crippen molar-refractivity contribution in [1.29, 1.82) is 0 Å². The Morgan fingerprint density at radius 2 is 2.14 bits per heavy atom. The normalized spacial score (nSPS) is 11.4. The van der Waals surface area contributed by atoms with Crippen LogP contribution in [0.3, 0.4) is 0 Å². The Morgan fingerprint density at radius 1 is 1.39 bits per heavy atom. The molecule has 3 N–H and O–H groups in total. The molecule has 10 heteroatoms. The summed E-state index contributed by atoms with van der Waals surface area (Å²) in [6, 6.07) is 6.24. The lowest BCUT2D eigenvalue weighted by atomic mass is 10.0. The van der Waals surface area contributed by atoms with Gasteiger partial charge in [0.05, 0.1) is 30.3 Å². The van der Waals surface area contributed by atoms with Crippen LogP contribution < -0.4 is 10.6 Å². The second-order valence-electron chi connectivity index (χ2n) is 5.72. The summed E-state index contributed by atoms with van der Waals surface area (Å²) >= 11 is 11.2. The first-order valence-corrected chi connectivity index (χ1v) is 9.14. The van der Waals surface area contributed by atoms with E-state index in [0.29, 0.717) is 16.3 Å². The SMILES string of the molecule is CCOC(=O)c1cnc(NC(=S)N[C@@H](CC(=O)O)c2cccc(Cl)c2)nc1C. The summed E-state index contributed by atoms with van der Waals surface area (Å²) in [5, 5.41) is 15.5. The van der Waals surface area contributed by atoms with Crippen LogP contribution in [0.2, 0.25) is 5.02 Å². The van der Waals surface area contributed by atoms with Crippen LogP contribution in [-0.2, 0) is 9.53 Å². The molecule has 1 aromatic heterocycles. The molecule has 0 radical (unpaired) electrons. The summed E-state index contributed by atoms with van der Waals surface area (Å²) in [5.74, 6) is -1.33. The molecule has 2 rings (SSSR count). The van der Waals surface area contributed by atoms with Crippen molar-refractivity contribution in [3.05, 3.63) is 52.3 Å². The molecular weight excluding hydrogens is 404 g/mol. The maximum Gasteiger partial charge on any atom is 0.341 e. The smallest absolute Gasteiger partial charge is 0.341 e. The fourth-order valence-corrected chi connectivity index (χ4v) is 2.81. The topological polar surface area (TPSA) is 113 Å². The quantitative estimate of drug-likeness (QED) is 0.457. The third-order valence-electron chi connectivity index (χ3n) is 3.64. The average molecular weight is 423 g/mol. The maximum atomic E-state index is 11.8. The minimum atomic E-state index is -0.994. The molecular formula is C18H19ClN4O4S. The standard InChI is InChI=1S/C18H19ClN4O4S/c1-3-27-16(26)13-9-20-17(21-10(13)2)23-18(28)22-14(8-15(24)25)11-5-4-6-12(19)7-11/h4-7,9,14H,3,8H2,1-2H3,(H,24,25)(H2,20,21,22,23,28)/t14-/m0/s1. The number of anilines is 1. The molecule has 0 fully saturated rings. The minimum absolute atomic E-state index is 0.134. The molecule has 0 aliphatic rings. The molecule has 8 nitrogen and oxygen atoms in total. The highest BCUT2D eigenvalue weighted by Gasteiger charge is 2.18. The number of aromatic nitrogens is 2. The number of halogens is 1. The Morgan fingerprint density at radius 3 is 2.75 bits per heavy atom. The Hall–Kier alpha value is -2.78. The van der Waals surface area contributed by atoms with Crippen molar-refractivity contribution in [1.82, 2.24) is 15.3 Å². The number of nitrogens with one attached hydrogen (secondary N) is 2. The lowest BCUT2D eigenvalue weighted by molar-refractivity contribution is -0.137. The van der Waals surface area contributed by atoms with Gasteiger partial charge < -0.3 is 20.5 Å². The molecule has 2 aromatic rings. The van der Waals surface area contributed by atoms with Gasteiger partial charge in [-0.2, -0.15) is 0 Å². The Balaban J connectivity index is 2.11. The van der Waals surface area contributed by atoms with Crippen molar-refractivity contribution in [2.75, 3.05) is 11.9 Å². The average Bonchev–Trinajstić information content (AvgIpc) is 2.61. The molecule has 0 saturated carbocycles. The Kier molecular flexibility index (Phi) is 7.65. The van der Waals surface area contributed by atoms with Crippen LogP contribution in [0, 0.1) is 6.92 Å². The molecule has 1 heterocycles. The molecule has 1 atom stereocenters. The lowest BCUT2D eigenvalue weighted by Gasteiger charge is -2.20. The summed E-state index contributed by atoms with van der Waals surface area (Å²) in [5.41, 5.74) is 1.36. The number of benzene rings is 1. The number of hydrogen-bond donors (Lipinski definition) is 3. The number of carbonyl (C=O) groups excluding carboxylic acids is 1. The van der Waals surface area contributed by atoms with Crippen molar-refractivity contribution < 1.29 is 19.4 Å². The number of nitrogens with zero attached hydrogens (tertiary/aromatic N) is 2. The van der Waals surface area contributed by atoms with Gasteiger partial charge in [-0.3, -0.25) is 4.79 Å². The summed E-state index contributed by atoms with van der Waals surface area (Å²) in [6.45, 7) is 3.61. The highest BCUT2D eigenvalue weighted by atomic mass is 35.5. The van der Waals surface area contributed by atoms with E-state index < -0.39 is 18.0 Å². The van der Waals surface area contributed by atoms with Gasteiger partial charge in [0.1, 0.15) is 0 Å². The fourth-order valence-electron chi connectivity index (χ4n) is 2.38. The lowest BCUT2D eigenvalue weighted by Crippen LogP contribution is -2.34. The zero-order valence-electron chi connectivity index (χ0n) is 15.2. The molecule has 0 spiro atoms. The van der Waals surface area contributed by atoms with Crippen LogP contribution in [0.25, 0.3) is 0 Å². The number of ether oxygens (including phenoxy) is 1. The van der Waals surface area contributed by atoms with E-state index in [1.807, 2.05) is 0 Å². The summed E-state index contributed by atoms with van der Waals surface area (Å²) in [7, 11) is 0. The van der Waals surface area contributed by atoms with Crippen LogP contribution in [0.15, 0.2) is 30.5 Å². The summed E-state index contributed by atoms with van der Waals surface area (Å²) in [6.07, 6.45) is 1.14. The second-order valence-corrected chi connectivity index (χ2v) is 6.56. The van der Waals surface area contributed by atoms with Crippen molar-refractivity contribution in [2.45, 2.75) is 26.3 Å². The van der Waals surface area contributed by atoms with Crippen molar-refractivity contribution in [3.8, 4) is 0 Å². The van der Waals surface area contributed by atoms with E-state index in [4.69, 9.17) is 28.6 Å². The van der Waals surface area contributed by atoms with Gasteiger partial charge in [-0.15, -0.1) is 0 Å². The predicted octanol–water partition coefficient (Wildman–Crippen LogP) is 3.12. The zero-order chi connectivity index (χ0) is 20.7. The van der Waals surface area contributed by atoms with E-state index >= 15 is 0 Å². The highest BCUT2D eigenvalue weighted by molar-refractivity contribution is 7.80. The van der Waals surface area contributed by atoms with Gasteiger partial charge in [-0.1, -0.05) is 23.7 Å². The van der Waals surface area contributed by atoms with Crippen LogP contribution >= 0.6 is 23.8 Å². The van der Waals surface area contributed by atoms with Gasteiger partial charge >= 0.3 is 11.9 Å². The van der Waals surface area contributed by atoms with E-state index in [1.165, 1.54) is 6.20 Å². The first kappa shape index (κ1) is 21.5. The fraction of sp³-hybridized carbons (Fsp3) is 0.278. The maximum absolute atomic E-state index is 11.8. The first-order valence-electron chi connectivity index (χ1n) is 8.35. The molecule has 0 aliphatic heterocycles. The van der Waals surface area contributed by atoms with E-state index in [9.17, 15) is 14.7 Å². The Labute approximate surface area is 172 Å². The monoisotopic (exact) mass is 422 g/mol. The molecule has 28 heavy (non-hydrogen) atoms. The highest BCUT2D eigenvalue weighted by Crippen LogP contribution is 2.21. The van der Waals surface area contributed by atoms with E-state index in [-0.39, 0.29) is 29.7 Å². The van der Waals surface area contributed by atoms with Crippen LogP contribution in [0.4, 0.5) is 5.95 Å². The number of carboxylic acid groups (broad SMARTS) is 1. The number of carbonyl (C=O) groups is 2. The Bertz CT molecular complexity index is 894. The van der Waals surface area contributed by atoms with Gasteiger partial charge in [-0.05, 0) is 43.8 Å². The number of carboxylic acids is 1. The minimum Gasteiger partial charge on any atom is -0.481 e. The van der Waals surface area contributed by atoms with Gasteiger partial charge in [-0.25, -0.2) is 14.8 Å². The number of hydrogen-bond acceptors (Lipinski definition) is 6. The molecule has 0 saturated heterocycles. The molecule has 1 aromatic carbocycles. The second kappa shape index (κ2) is 9.95. The summed E-state index contributed by atoms with van der Waals surface area (Å²) in [4.78, 5) is 31.2. The van der Waals surface area contributed by atoms with Crippen LogP contribution in [0.1, 0.15) is 41.0 Å². The molecule has 0 amide bonds. The van der Waals surface area contributed by atoms with E-state index in [1.54, 1.807) is 38.1 Å². The van der Waals surface area contributed by atoms with Gasteiger partial charge in [0, 0.05) is 11.2 Å². The van der Waals surface area contributed by atoms with E-state index in [2.05, 4.69) is 20.6 Å². The molecule has 0 bridgehead atoms. The molecule has 0 unspecified atom stereocenters. The predicted molar refractivity (Wildman–Crippen MR) is 109 cm³/mol. The van der Waals surface area contributed by atoms with Crippen LogP contribution in [0.5, 0.6) is 0 Å². The van der Waals surface area contributed by atoms with Gasteiger partial charge in [0.25, 0.3) is 0 Å². The third-order valence-corrected chi connectivity index (χ3v) is 4.09. The number of aryl methyl sites for hydroxylation is 1. The van der Waals surface area contributed by atoms with Crippen molar-refractivity contribution in [2.24, 2.45) is 0 Å². The molecule has 148 valence electrons. The van der Waals surface area contributed by atoms with Gasteiger partial charge in [0.15, 0.2) is 5.11 Å². The van der Waals surface area contributed by atoms with E-state index in [0.717, 1.165) is 0 Å². The van der Waals surface area contributed by atoms with Crippen LogP contribution in [-0.4, -0.2) is 38.7 Å². The number of aliphatic carboxylic acids is 1. The van der Waals surface area contributed by atoms with Gasteiger partial charge in [0.2, 0.25) is 5.95 Å². The molecule has 0 aliphatic carbocycles. The number of rotatable bonds is 7. The first-order chi connectivity index (χ1) is 13.3. The zero-order valence-corrected chi connectivity index (χ0v) is 16.8.